The second-order valence-electron chi connectivity index (χ2n) is 4.58. The summed E-state index contributed by atoms with van der Waals surface area (Å²) in [6.45, 7) is 0.635. The molecule has 20 heavy (non-hydrogen) atoms. The zero-order valence-electron chi connectivity index (χ0n) is 11.6. The lowest BCUT2D eigenvalue weighted by molar-refractivity contribution is 0.579. The Kier molecular flexibility index (Phi) is 4.26. The van der Waals surface area contributed by atoms with E-state index in [1.807, 2.05) is 13.1 Å². The number of aryl methyl sites for hydroxylation is 2. The zero-order chi connectivity index (χ0) is 14.8. The summed E-state index contributed by atoms with van der Waals surface area (Å²) in [4.78, 5) is 0.241. The fourth-order valence-electron chi connectivity index (χ4n) is 1.97. The number of nitrogens with two attached hydrogens (primary N) is 1. The molecule has 0 bridgehead atoms. The van der Waals surface area contributed by atoms with E-state index in [0.717, 1.165) is 11.4 Å². The molecule has 2 heterocycles. The zero-order valence-corrected chi connectivity index (χ0v) is 12.4. The van der Waals surface area contributed by atoms with E-state index in [2.05, 4.69) is 9.82 Å². The van der Waals surface area contributed by atoms with Crippen molar-refractivity contribution in [2.45, 2.75) is 17.9 Å². The highest BCUT2D eigenvalue weighted by atomic mass is 32.2. The first-order valence-corrected chi connectivity index (χ1v) is 7.74. The molecule has 3 N–H and O–H groups in total. The van der Waals surface area contributed by atoms with E-state index in [0.29, 0.717) is 19.5 Å². The van der Waals surface area contributed by atoms with Crippen molar-refractivity contribution < 1.29 is 8.42 Å². The summed E-state index contributed by atoms with van der Waals surface area (Å²) >= 11 is 0. The van der Waals surface area contributed by atoms with Crippen LogP contribution in [0.3, 0.4) is 0 Å². The quantitative estimate of drug-likeness (QED) is 0.768. The Bertz CT molecular complexity index is 687. The van der Waals surface area contributed by atoms with Crippen LogP contribution in [0, 0.1) is 0 Å². The summed E-state index contributed by atoms with van der Waals surface area (Å²) in [5.41, 5.74) is 7.29. The Hall–Kier alpha value is -1.64. The van der Waals surface area contributed by atoms with Crippen LogP contribution in [0.2, 0.25) is 0 Å². The molecule has 0 saturated heterocycles. The van der Waals surface area contributed by atoms with E-state index in [1.54, 1.807) is 34.8 Å². The number of hydrogen-bond donors (Lipinski definition) is 2. The van der Waals surface area contributed by atoms with Gasteiger partial charge in [-0.05, 0) is 12.1 Å². The van der Waals surface area contributed by atoms with E-state index in [4.69, 9.17) is 5.73 Å². The highest BCUT2D eigenvalue weighted by Crippen LogP contribution is 2.12. The normalized spacial score (nSPS) is 11.9. The molecule has 8 heteroatoms. The monoisotopic (exact) mass is 297 g/mol. The van der Waals surface area contributed by atoms with Crippen LogP contribution in [0.1, 0.15) is 11.4 Å². The van der Waals surface area contributed by atoms with Gasteiger partial charge in [0.05, 0.1) is 4.90 Å². The Morgan fingerprint density at radius 1 is 1.35 bits per heavy atom. The molecule has 7 nitrogen and oxygen atoms in total. The smallest absolute Gasteiger partial charge is 0.242 e. The third-order valence-corrected chi connectivity index (χ3v) is 4.63. The SMILES string of the molecule is Cn1cc(S(=O)(=O)NCCc2ccnn2C)cc1CN. The van der Waals surface area contributed by atoms with Gasteiger partial charge >= 0.3 is 0 Å². The minimum atomic E-state index is -3.49. The molecule has 0 aliphatic rings. The van der Waals surface area contributed by atoms with Crippen LogP contribution >= 0.6 is 0 Å². The Morgan fingerprint density at radius 3 is 2.65 bits per heavy atom. The first kappa shape index (κ1) is 14.8. The van der Waals surface area contributed by atoms with Crippen molar-refractivity contribution in [3.63, 3.8) is 0 Å². The molecule has 0 radical (unpaired) electrons. The van der Waals surface area contributed by atoms with Gasteiger partial charge in [-0.2, -0.15) is 5.10 Å². The standard InChI is InChI=1S/C12H19N5O2S/c1-16-9-12(7-11(16)8-13)20(18,19)15-6-4-10-3-5-14-17(10)2/h3,5,7,9,15H,4,6,8,13H2,1-2H3. The van der Waals surface area contributed by atoms with Crippen molar-refractivity contribution in [2.75, 3.05) is 6.54 Å². The maximum Gasteiger partial charge on any atom is 0.242 e. The van der Waals surface area contributed by atoms with Gasteiger partial charge in [-0.15, -0.1) is 0 Å². The van der Waals surface area contributed by atoms with Gasteiger partial charge in [0, 0.05) is 57.4 Å². The lowest BCUT2D eigenvalue weighted by Gasteiger charge is -2.05. The van der Waals surface area contributed by atoms with Gasteiger partial charge in [-0.1, -0.05) is 0 Å². The molecule has 2 aromatic rings. The van der Waals surface area contributed by atoms with Crippen LogP contribution < -0.4 is 10.5 Å². The lowest BCUT2D eigenvalue weighted by atomic mass is 10.3. The molecular weight excluding hydrogens is 278 g/mol. The Morgan fingerprint density at radius 2 is 2.10 bits per heavy atom. The summed E-state index contributed by atoms with van der Waals surface area (Å²) in [5.74, 6) is 0. The third-order valence-electron chi connectivity index (χ3n) is 3.20. The average Bonchev–Trinajstić information content (AvgIpc) is 2.96. The molecule has 2 aromatic heterocycles. The van der Waals surface area contributed by atoms with Gasteiger partial charge in [-0.3, -0.25) is 4.68 Å². The number of rotatable bonds is 6. The van der Waals surface area contributed by atoms with Crippen LogP contribution in [-0.2, 0) is 37.1 Å². The number of aromatic nitrogens is 3. The average molecular weight is 297 g/mol. The molecule has 0 aliphatic heterocycles. The van der Waals surface area contributed by atoms with Crippen molar-refractivity contribution in [3.05, 3.63) is 35.9 Å². The van der Waals surface area contributed by atoms with Crippen LogP contribution in [-0.4, -0.2) is 29.3 Å². The maximum atomic E-state index is 12.1. The van der Waals surface area contributed by atoms with E-state index in [-0.39, 0.29) is 4.90 Å². The Labute approximate surface area is 118 Å². The van der Waals surface area contributed by atoms with Crippen LogP contribution in [0.5, 0.6) is 0 Å². The van der Waals surface area contributed by atoms with Crippen molar-refractivity contribution >= 4 is 10.0 Å². The minimum absolute atomic E-state index is 0.241. The summed E-state index contributed by atoms with van der Waals surface area (Å²) in [5, 5.41) is 4.04. The maximum absolute atomic E-state index is 12.1. The second-order valence-corrected chi connectivity index (χ2v) is 6.34. The van der Waals surface area contributed by atoms with E-state index in [1.165, 1.54) is 0 Å². The van der Waals surface area contributed by atoms with Gasteiger partial charge in [0.15, 0.2) is 0 Å². The summed E-state index contributed by atoms with van der Waals surface area (Å²) in [7, 11) is 0.108. The van der Waals surface area contributed by atoms with Crippen LogP contribution in [0.15, 0.2) is 29.4 Å². The number of sulfonamides is 1. The number of hydrogen-bond acceptors (Lipinski definition) is 4. The summed E-state index contributed by atoms with van der Waals surface area (Å²) in [6, 6.07) is 3.45. The molecule has 0 spiro atoms. The lowest BCUT2D eigenvalue weighted by Crippen LogP contribution is -2.26. The number of nitrogens with zero attached hydrogens (tertiary/aromatic N) is 3. The molecule has 0 aromatic carbocycles. The molecule has 0 aliphatic carbocycles. The van der Waals surface area contributed by atoms with Crippen molar-refractivity contribution in [2.24, 2.45) is 19.8 Å². The van der Waals surface area contributed by atoms with Crippen molar-refractivity contribution in [1.29, 1.82) is 0 Å². The summed E-state index contributed by atoms with van der Waals surface area (Å²) in [6.07, 6.45) is 3.84. The predicted octanol–water partition coefficient (Wildman–Crippen LogP) is -0.262. The molecule has 0 amide bonds. The predicted molar refractivity (Wildman–Crippen MR) is 75.4 cm³/mol. The van der Waals surface area contributed by atoms with Crippen molar-refractivity contribution in [1.82, 2.24) is 19.1 Å². The van der Waals surface area contributed by atoms with Gasteiger partial charge < -0.3 is 10.3 Å². The largest absolute Gasteiger partial charge is 0.352 e. The first-order chi connectivity index (χ1) is 9.44. The van der Waals surface area contributed by atoms with Crippen LogP contribution in [0.25, 0.3) is 0 Å². The number of nitrogens with one attached hydrogen (secondary N) is 1. The molecular formula is C12H19N5O2S. The Balaban J connectivity index is 2.02. The molecule has 0 atom stereocenters. The second kappa shape index (κ2) is 5.78. The van der Waals surface area contributed by atoms with E-state index >= 15 is 0 Å². The molecule has 0 unspecified atom stereocenters. The molecule has 2 rings (SSSR count). The van der Waals surface area contributed by atoms with Gasteiger partial charge in [0.2, 0.25) is 10.0 Å². The summed E-state index contributed by atoms with van der Waals surface area (Å²) < 4.78 is 30.3. The van der Waals surface area contributed by atoms with E-state index < -0.39 is 10.0 Å². The van der Waals surface area contributed by atoms with Gasteiger partial charge in [0.1, 0.15) is 0 Å². The first-order valence-electron chi connectivity index (χ1n) is 6.26. The highest BCUT2D eigenvalue weighted by Gasteiger charge is 2.16. The fraction of sp³-hybridized carbons (Fsp3) is 0.417. The molecule has 0 saturated carbocycles. The molecule has 110 valence electrons. The van der Waals surface area contributed by atoms with Crippen molar-refractivity contribution in [3.8, 4) is 0 Å². The van der Waals surface area contributed by atoms with Crippen LogP contribution in [0.4, 0.5) is 0 Å². The third kappa shape index (κ3) is 3.09. The minimum Gasteiger partial charge on any atom is -0.352 e. The van der Waals surface area contributed by atoms with E-state index in [9.17, 15) is 8.42 Å². The van der Waals surface area contributed by atoms with Gasteiger partial charge in [0.25, 0.3) is 0 Å². The topological polar surface area (TPSA) is 94.9 Å². The van der Waals surface area contributed by atoms with Gasteiger partial charge in [-0.25, -0.2) is 13.1 Å². The highest BCUT2D eigenvalue weighted by molar-refractivity contribution is 7.89. The molecule has 0 fully saturated rings. The fourth-order valence-corrected chi connectivity index (χ4v) is 3.10.